The number of hydrogen-bond donors (Lipinski definition) is 2. The van der Waals surface area contributed by atoms with Gasteiger partial charge in [0.15, 0.2) is 6.17 Å². The molecule has 12 heteroatoms. The molecule has 1 aliphatic rings. The first kappa shape index (κ1) is 31.9. The Labute approximate surface area is 252 Å². The molecule has 43 heavy (non-hydrogen) atoms. The molecular weight excluding hydrogens is 570 g/mol. The van der Waals surface area contributed by atoms with Gasteiger partial charge in [0.25, 0.3) is 11.8 Å². The van der Waals surface area contributed by atoms with Crippen molar-refractivity contribution in [1.29, 1.82) is 0 Å². The van der Waals surface area contributed by atoms with Crippen LogP contribution in [0.5, 0.6) is 0 Å². The average Bonchev–Trinajstić information content (AvgIpc) is 3.34. The van der Waals surface area contributed by atoms with E-state index >= 15 is 0 Å². The molecule has 1 aliphatic heterocycles. The molecule has 1 saturated heterocycles. The molecule has 4 rings (SSSR count). The lowest BCUT2D eigenvalue weighted by molar-refractivity contribution is -0.138. The topological polar surface area (TPSA) is 142 Å². The lowest BCUT2D eigenvalue weighted by Gasteiger charge is -2.42. The normalized spacial score (nSPS) is 17.0. The average molecular weight is 610 g/mol. The number of carboxylic acids is 1. The number of aryl methyl sites for hydroxylation is 2. The third-order valence-corrected chi connectivity index (χ3v) is 9.19. The number of aliphatic carboxylic acids is 1. The first-order valence-corrected chi connectivity index (χ1v) is 15.8. The summed E-state index contributed by atoms with van der Waals surface area (Å²) in [6.07, 6.45) is -1.66. The minimum absolute atomic E-state index is 0.0176. The van der Waals surface area contributed by atoms with E-state index in [2.05, 4.69) is 10.4 Å². The van der Waals surface area contributed by atoms with Crippen LogP contribution in [0.3, 0.4) is 0 Å². The molecule has 1 fully saturated rings. The highest BCUT2D eigenvalue weighted by molar-refractivity contribution is 7.88. The molecule has 2 amide bonds. The smallest absolute Gasteiger partial charge is 0.305 e. The Morgan fingerprint density at radius 2 is 1.74 bits per heavy atom. The molecule has 2 aromatic carbocycles. The molecule has 2 atom stereocenters. The molecule has 0 spiro atoms. The van der Waals surface area contributed by atoms with Crippen molar-refractivity contribution < 1.29 is 27.9 Å². The molecular formula is C31H39N5O6S. The summed E-state index contributed by atoms with van der Waals surface area (Å²) < 4.78 is 30.2. The summed E-state index contributed by atoms with van der Waals surface area (Å²) in [5, 5.41) is 16.9. The largest absolute Gasteiger partial charge is 0.481 e. The zero-order valence-electron chi connectivity index (χ0n) is 25.1. The molecule has 2 heterocycles. The third kappa shape index (κ3) is 7.49. The number of nitrogens with zero attached hydrogens (tertiary/aromatic N) is 4. The molecule has 0 radical (unpaired) electrons. The van der Waals surface area contributed by atoms with Crippen LogP contribution in [0.15, 0.2) is 60.7 Å². The summed E-state index contributed by atoms with van der Waals surface area (Å²) in [6.45, 7) is 7.88. The fourth-order valence-corrected chi connectivity index (χ4v) is 6.88. The van der Waals surface area contributed by atoms with Crippen molar-refractivity contribution in [1.82, 2.24) is 24.3 Å². The van der Waals surface area contributed by atoms with E-state index in [9.17, 15) is 27.9 Å². The van der Waals surface area contributed by atoms with Gasteiger partial charge in [-0.15, -0.1) is 0 Å². The predicted octanol–water partition coefficient (Wildman–Crippen LogP) is 3.36. The van der Waals surface area contributed by atoms with Gasteiger partial charge in [0.1, 0.15) is 5.69 Å². The highest BCUT2D eigenvalue weighted by Crippen LogP contribution is 2.27. The van der Waals surface area contributed by atoms with Gasteiger partial charge in [0.05, 0.1) is 23.9 Å². The highest BCUT2D eigenvalue weighted by Gasteiger charge is 2.45. The van der Waals surface area contributed by atoms with Crippen molar-refractivity contribution in [3.8, 4) is 0 Å². The second kappa shape index (κ2) is 12.7. The fourth-order valence-electron chi connectivity index (χ4n) is 5.18. The van der Waals surface area contributed by atoms with Gasteiger partial charge in [-0.3, -0.25) is 19.1 Å². The number of rotatable bonds is 9. The standard InChI is InChI=1S/C31H39N5O6S/c1-21-11-9-14-23(17-21)24(18-27(37)38)32-28(39)29-35(30(40)25-19-26(31(2,3)4)33-34(25)5)15-10-16-36(29)43(41,42)20-22-12-7-6-8-13-22/h6-9,11-14,17,19,24,29H,10,15-16,18,20H2,1-5H3,(H,32,39)(H,37,38). The number of aromatic nitrogens is 2. The number of sulfonamides is 1. The lowest BCUT2D eigenvalue weighted by atomic mass is 9.92. The molecule has 11 nitrogen and oxygen atoms in total. The van der Waals surface area contributed by atoms with Gasteiger partial charge in [-0.1, -0.05) is 80.9 Å². The summed E-state index contributed by atoms with van der Waals surface area (Å²) in [6, 6.07) is 16.4. The Morgan fingerprint density at radius 1 is 1.05 bits per heavy atom. The Hall–Kier alpha value is -4.03. The molecule has 1 aromatic heterocycles. The van der Waals surface area contributed by atoms with Gasteiger partial charge in [0, 0.05) is 25.6 Å². The zero-order chi connectivity index (χ0) is 31.5. The molecule has 230 valence electrons. The number of amides is 2. The van der Waals surface area contributed by atoms with Gasteiger partial charge in [0.2, 0.25) is 10.0 Å². The molecule has 0 bridgehead atoms. The van der Waals surface area contributed by atoms with Crippen LogP contribution in [0.4, 0.5) is 0 Å². The van der Waals surface area contributed by atoms with Crippen molar-refractivity contribution in [2.75, 3.05) is 13.1 Å². The number of carbonyl (C=O) groups is 3. The van der Waals surface area contributed by atoms with Crippen molar-refractivity contribution in [3.63, 3.8) is 0 Å². The van der Waals surface area contributed by atoms with Crippen LogP contribution in [0.2, 0.25) is 0 Å². The van der Waals surface area contributed by atoms with Crippen molar-refractivity contribution in [2.45, 2.75) is 63.9 Å². The van der Waals surface area contributed by atoms with Crippen LogP contribution in [0, 0.1) is 6.92 Å². The van der Waals surface area contributed by atoms with E-state index in [1.54, 1.807) is 61.6 Å². The summed E-state index contributed by atoms with van der Waals surface area (Å²) >= 11 is 0. The maximum atomic E-state index is 14.1. The Bertz CT molecular complexity index is 1600. The Morgan fingerprint density at radius 3 is 2.35 bits per heavy atom. The van der Waals surface area contributed by atoms with E-state index < -0.39 is 46.4 Å². The number of hydrogen-bond acceptors (Lipinski definition) is 6. The fraction of sp³-hybridized carbons (Fsp3) is 0.419. The maximum Gasteiger partial charge on any atom is 0.305 e. The van der Waals surface area contributed by atoms with Gasteiger partial charge in [-0.2, -0.15) is 9.40 Å². The molecule has 3 aromatic rings. The van der Waals surface area contributed by atoms with E-state index in [1.807, 2.05) is 33.8 Å². The Balaban J connectivity index is 1.76. The summed E-state index contributed by atoms with van der Waals surface area (Å²) in [5.41, 5.74) is 2.50. The first-order chi connectivity index (χ1) is 20.2. The van der Waals surface area contributed by atoms with Crippen LogP contribution in [-0.4, -0.2) is 69.5 Å². The van der Waals surface area contributed by atoms with E-state index in [1.165, 1.54) is 9.58 Å². The summed E-state index contributed by atoms with van der Waals surface area (Å²) in [5.74, 6) is -2.83. The lowest BCUT2D eigenvalue weighted by Crippen LogP contribution is -2.64. The van der Waals surface area contributed by atoms with Gasteiger partial charge < -0.3 is 15.3 Å². The van der Waals surface area contributed by atoms with Crippen LogP contribution < -0.4 is 5.32 Å². The molecule has 2 unspecified atom stereocenters. The number of carboxylic acid groups (broad SMARTS) is 1. The van der Waals surface area contributed by atoms with Crippen LogP contribution in [0.1, 0.15) is 72.5 Å². The van der Waals surface area contributed by atoms with E-state index in [0.717, 1.165) is 9.87 Å². The predicted molar refractivity (Wildman–Crippen MR) is 161 cm³/mol. The minimum atomic E-state index is -4.10. The van der Waals surface area contributed by atoms with Gasteiger partial charge >= 0.3 is 5.97 Å². The van der Waals surface area contributed by atoms with Gasteiger partial charge in [-0.05, 0) is 30.5 Å². The second-order valence-electron chi connectivity index (χ2n) is 11.9. The summed E-state index contributed by atoms with van der Waals surface area (Å²) in [7, 11) is -2.47. The Kier molecular flexibility index (Phi) is 9.41. The van der Waals surface area contributed by atoms with E-state index in [4.69, 9.17) is 0 Å². The minimum Gasteiger partial charge on any atom is -0.481 e. The number of benzene rings is 2. The first-order valence-electron chi connectivity index (χ1n) is 14.1. The second-order valence-corrected chi connectivity index (χ2v) is 13.9. The van der Waals surface area contributed by atoms with Crippen molar-refractivity contribution in [3.05, 3.63) is 88.7 Å². The van der Waals surface area contributed by atoms with Gasteiger partial charge in [-0.25, -0.2) is 8.42 Å². The van der Waals surface area contributed by atoms with Crippen LogP contribution in [0.25, 0.3) is 0 Å². The summed E-state index contributed by atoms with van der Waals surface area (Å²) in [4.78, 5) is 41.2. The SMILES string of the molecule is Cc1cccc(C(CC(=O)O)NC(=O)C2N(C(=O)c3cc(C(C)(C)C)nn3C)CCCN2S(=O)(=O)Cc2ccccc2)c1. The highest BCUT2D eigenvalue weighted by atomic mass is 32.2. The van der Waals surface area contributed by atoms with Crippen molar-refractivity contribution in [2.24, 2.45) is 7.05 Å². The number of carbonyl (C=O) groups excluding carboxylic acids is 2. The van der Waals surface area contributed by atoms with Crippen LogP contribution in [-0.2, 0) is 37.8 Å². The maximum absolute atomic E-state index is 14.1. The number of nitrogens with one attached hydrogen (secondary N) is 1. The zero-order valence-corrected chi connectivity index (χ0v) is 26.0. The van der Waals surface area contributed by atoms with E-state index in [-0.39, 0.29) is 30.0 Å². The molecule has 0 saturated carbocycles. The quantitative estimate of drug-likeness (QED) is 0.379. The van der Waals surface area contributed by atoms with E-state index in [0.29, 0.717) is 23.2 Å². The molecule has 2 N–H and O–H groups in total. The monoisotopic (exact) mass is 609 g/mol. The van der Waals surface area contributed by atoms with Crippen LogP contribution >= 0.6 is 0 Å². The molecule has 0 aliphatic carbocycles. The van der Waals surface area contributed by atoms with Crippen molar-refractivity contribution >= 4 is 27.8 Å². The third-order valence-electron chi connectivity index (χ3n) is 7.40.